The van der Waals surface area contributed by atoms with Gasteiger partial charge in [-0.15, -0.1) is 0 Å². The van der Waals surface area contributed by atoms with Gasteiger partial charge in [-0.2, -0.15) is 0 Å². The molecule has 102 valence electrons. The SMILES string of the molecule is CC(C)NCC(O)CS(=O)(=O)c1ccccc1Cl. The Morgan fingerprint density at radius 2 is 1.94 bits per heavy atom. The lowest BCUT2D eigenvalue weighted by Gasteiger charge is -2.14. The minimum Gasteiger partial charge on any atom is -0.391 e. The summed E-state index contributed by atoms with van der Waals surface area (Å²) in [7, 11) is -3.56. The number of sulfone groups is 1. The highest BCUT2D eigenvalue weighted by molar-refractivity contribution is 7.91. The summed E-state index contributed by atoms with van der Waals surface area (Å²) in [5.74, 6) is -0.337. The van der Waals surface area contributed by atoms with Gasteiger partial charge in [-0.25, -0.2) is 8.42 Å². The normalized spacial score (nSPS) is 13.8. The van der Waals surface area contributed by atoms with Gasteiger partial charge in [0.25, 0.3) is 0 Å². The fourth-order valence-electron chi connectivity index (χ4n) is 1.47. The van der Waals surface area contributed by atoms with Gasteiger partial charge in [0.2, 0.25) is 0 Å². The van der Waals surface area contributed by atoms with Crippen molar-refractivity contribution in [2.45, 2.75) is 30.9 Å². The molecule has 6 heteroatoms. The molecule has 0 amide bonds. The summed E-state index contributed by atoms with van der Waals surface area (Å²) in [4.78, 5) is 0.0651. The van der Waals surface area contributed by atoms with E-state index < -0.39 is 15.9 Å². The summed E-state index contributed by atoms with van der Waals surface area (Å²) in [5, 5.41) is 12.9. The lowest BCUT2D eigenvalue weighted by Crippen LogP contribution is -2.35. The molecule has 1 unspecified atom stereocenters. The zero-order valence-corrected chi connectivity index (χ0v) is 12.0. The molecule has 1 atom stereocenters. The number of nitrogens with one attached hydrogen (secondary N) is 1. The second-order valence-electron chi connectivity index (χ2n) is 4.43. The van der Waals surface area contributed by atoms with Crippen molar-refractivity contribution in [3.05, 3.63) is 29.3 Å². The van der Waals surface area contributed by atoms with Gasteiger partial charge in [-0.3, -0.25) is 0 Å². The van der Waals surface area contributed by atoms with Crippen molar-refractivity contribution >= 4 is 21.4 Å². The Balaban J connectivity index is 2.74. The molecule has 0 saturated heterocycles. The number of aliphatic hydroxyl groups excluding tert-OH is 1. The topological polar surface area (TPSA) is 66.4 Å². The Labute approximate surface area is 113 Å². The van der Waals surface area contributed by atoms with E-state index in [9.17, 15) is 13.5 Å². The summed E-state index contributed by atoms with van der Waals surface area (Å²) in [6.45, 7) is 4.09. The molecule has 0 bridgehead atoms. The van der Waals surface area contributed by atoms with E-state index in [1.54, 1.807) is 12.1 Å². The van der Waals surface area contributed by atoms with Gasteiger partial charge in [0.15, 0.2) is 9.84 Å². The second kappa shape index (κ2) is 6.52. The molecule has 0 saturated carbocycles. The van der Waals surface area contributed by atoms with E-state index in [4.69, 9.17) is 11.6 Å². The zero-order valence-electron chi connectivity index (χ0n) is 10.4. The third-order valence-corrected chi connectivity index (χ3v) is 4.64. The number of hydrogen-bond acceptors (Lipinski definition) is 4. The van der Waals surface area contributed by atoms with Gasteiger partial charge in [-0.05, 0) is 12.1 Å². The monoisotopic (exact) mass is 291 g/mol. The molecule has 0 aliphatic rings. The molecule has 2 N–H and O–H groups in total. The van der Waals surface area contributed by atoms with E-state index in [2.05, 4.69) is 5.32 Å². The lowest BCUT2D eigenvalue weighted by atomic mass is 10.3. The summed E-state index contributed by atoms with van der Waals surface area (Å²) in [6.07, 6.45) is -0.950. The maximum absolute atomic E-state index is 12.0. The predicted molar refractivity (Wildman–Crippen MR) is 72.7 cm³/mol. The first-order valence-electron chi connectivity index (χ1n) is 5.71. The van der Waals surface area contributed by atoms with E-state index in [0.717, 1.165) is 0 Å². The predicted octanol–water partition coefficient (Wildman–Crippen LogP) is 1.47. The lowest BCUT2D eigenvalue weighted by molar-refractivity contribution is 0.190. The molecule has 0 heterocycles. The molecule has 1 aromatic rings. The van der Waals surface area contributed by atoms with Crippen LogP contribution in [0.3, 0.4) is 0 Å². The van der Waals surface area contributed by atoms with Gasteiger partial charge in [-0.1, -0.05) is 37.6 Å². The second-order valence-corrected chi connectivity index (χ2v) is 6.84. The minimum atomic E-state index is -3.56. The van der Waals surface area contributed by atoms with Crippen molar-refractivity contribution in [1.82, 2.24) is 5.32 Å². The Bertz CT molecular complexity index is 488. The molecular formula is C12H18ClNO3S. The molecule has 0 spiro atoms. The van der Waals surface area contributed by atoms with Crippen molar-refractivity contribution in [2.75, 3.05) is 12.3 Å². The molecule has 1 rings (SSSR count). The van der Waals surface area contributed by atoms with Crippen molar-refractivity contribution in [2.24, 2.45) is 0 Å². The quantitative estimate of drug-likeness (QED) is 0.833. The first-order chi connectivity index (χ1) is 8.33. The molecule has 0 aliphatic carbocycles. The Kier molecular flexibility index (Phi) is 5.59. The highest BCUT2D eigenvalue weighted by Gasteiger charge is 2.21. The molecule has 0 aliphatic heterocycles. The van der Waals surface area contributed by atoms with Crippen LogP contribution in [-0.2, 0) is 9.84 Å². The largest absolute Gasteiger partial charge is 0.391 e. The molecule has 4 nitrogen and oxygen atoms in total. The molecule has 0 radical (unpaired) electrons. The number of aliphatic hydroxyl groups is 1. The van der Waals surface area contributed by atoms with E-state index in [-0.39, 0.29) is 28.3 Å². The standard InChI is InChI=1S/C12H18ClNO3S/c1-9(2)14-7-10(15)8-18(16,17)12-6-4-3-5-11(12)13/h3-6,9-10,14-15H,7-8H2,1-2H3. The van der Waals surface area contributed by atoms with Gasteiger partial charge < -0.3 is 10.4 Å². The average Bonchev–Trinajstić information content (AvgIpc) is 2.26. The highest BCUT2D eigenvalue weighted by Crippen LogP contribution is 2.22. The minimum absolute atomic E-state index is 0.0651. The van der Waals surface area contributed by atoms with E-state index >= 15 is 0 Å². The Morgan fingerprint density at radius 1 is 1.33 bits per heavy atom. The van der Waals surface area contributed by atoms with Crippen molar-refractivity contribution in [1.29, 1.82) is 0 Å². The van der Waals surface area contributed by atoms with Gasteiger partial charge in [0, 0.05) is 12.6 Å². The molecule has 0 fully saturated rings. The third kappa shape index (κ3) is 4.57. The maximum atomic E-state index is 12.0. The number of halogens is 1. The van der Waals surface area contributed by atoms with Gasteiger partial charge in [0.05, 0.1) is 21.8 Å². The maximum Gasteiger partial charge on any atom is 0.182 e. The highest BCUT2D eigenvalue weighted by atomic mass is 35.5. The fraction of sp³-hybridized carbons (Fsp3) is 0.500. The van der Waals surface area contributed by atoms with Crippen LogP contribution < -0.4 is 5.32 Å². The van der Waals surface area contributed by atoms with Crippen LogP contribution in [0.25, 0.3) is 0 Å². The summed E-state index contributed by atoms with van der Waals surface area (Å²) >= 11 is 5.84. The molecule has 0 aromatic heterocycles. The molecule has 18 heavy (non-hydrogen) atoms. The first kappa shape index (κ1) is 15.4. The van der Waals surface area contributed by atoms with Gasteiger partial charge in [0.1, 0.15) is 0 Å². The van der Waals surface area contributed by atoms with Crippen LogP contribution in [0.2, 0.25) is 5.02 Å². The van der Waals surface area contributed by atoms with Crippen LogP contribution in [-0.4, -0.2) is 38.0 Å². The number of rotatable bonds is 6. The Hall–Kier alpha value is -0.620. The molecular weight excluding hydrogens is 274 g/mol. The number of benzene rings is 1. The third-order valence-electron chi connectivity index (χ3n) is 2.35. The van der Waals surface area contributed by atoms with Crippen LogP contribution in [0.4, 0.5) is 0 Å². The zero-order chi connectivity index (χ0) is 13.8. The van der Waals surface area contributed by atoms with Crippen molar-refractivity contribution in [3.63, 3.8) is 0 Å². The summed E-state index contributed by atoms with van der Waals surface area (Å²) in [5.41, 5.74) is 0. The van der Waals surface area contributed by atoms with E-state index in [0.29, 0.717) is 0 Å². The fourth-order valence-corrected chi connectivity index (χ4v) is 3.41. The van der Waals surface area contributed by atoms with E-state index in [1.807, 2.05) is 13.8 Å². The van der Waals surface area contributed by atoms with Crippen LogP contribution in [0.5, 0.6) is 0 Å². The van der Waals surface area contributed by atoms with Gasteiger partial charge >= 0.3 is 0 Å². The average molecular weight is 292 g/mol. The summed E-state index contributed by atoms with van der Waals surface area (Å²) in [6, 6.07) is 6.44. The van der Waals surface area contributed by atoms with Crippen molar-refractivity contribution in [3.8, 4) is 0 Å². The Morgan fingerprint density at radius 3 is 2.50 bits per heavy atom. The van der Waals surface area contributed by atoms with Crippen LogP contribution in [0, 0.1) is 0 Å². The first-order valence-corrected chi connectivity index (χ1v) is 7.74. The summed E-state index contributed by atoms with van der Waals surface area (Å²) < 4.78 is 24.1. The smallest absolute Gasteiger partial charge is 0.182 e. The number of hydrogen-bond donors (Lipinski definition) is 2. The van der Waals surface area contributed by atoms with E-state index in [1.165, 1.54) is 12.1 Å². The van der Waals surface area contributed by atoms with Crippen LogP contribution in [0.15, 0.2) is 29.2 Å². The molecule has 1 aromatic carbocycles. The van der Waals surface area contributed by atoms with Crippen LogP contribution in [0.1, 0.15) is 13.8 Å². The van der Waals surface area contributed by atoms with Crippen molar-refractivity contribution < 1.29 is 13.5 Å². The van der Waals surface area contributed by atoms with Crippen LogP contribution >= 0.6 is 11.6 Å².